The summed E-state index contributed by atoms with van der Waals surface area (Å²) in [4.78, 5) is 16.2. The van der Waals surface area contributed by atoms with Gasteiger partial charge in [-0.05, 0) is 101 Å². The minimum atomic E-state index is -1.82. The molecule has 0 spiro atoms. The van der Waals surface area contributed by atoms with Crippen molar-refractivity contribution in [2.24, 2.45) is 17.8 Å². The molecule has 1 unspecified atom stereocenters. The normalized spacial score (nSPS) is 48.9. The van der Waals surface area contributed by atoms with Crippen molar-refractivity contribution in [1.82, 2.24) is 10.2 Å². The minimum absolute atomic E-state index is 0.0253. The quantitative estimate of drug-likeness (QED) is 0.163. The van der Waals surface area contributed by atoms with Gasteiger partial charge in [-0.15, -0.1) is 5.92 Å². The number of nitrogens with one attached hydrogen (secondary N) is 1. The first kappa shape index (κ1) is 46.9. The molecule has 54 heavy (non-hydrogen) atoms. The number of nitrogens with zero attached hydrogens (tertiary/aromatic N) is 1. The van der Waals surface area contributed by atoms with Gasteiger partial charge in [-0.3, -0.25) is 4.79 Å². The first-order valence-electron chi connectivity index (χ1n) is 19.6. The molecule has 14 nitrogen and oxygen atoms in total. The molecule has 6 N–H and O–H groups in total. The molecular formula is C40H72N2O12. The first-order valence-corrected chi connectivity index (χ1v) is 19.6. The van der Waals surface area contributed by atoms with Gasteiger partial charge in [0.15, 0.2) is 18.2 Å². The van der Waals surface area contributed by atoms with Gasteiger partial charge in [0.2, 0.25) is 0 Å². The third-order valence-electron chi connectivity index (χ3n) is 12.3. The second-order valence-corrected chi connectivity index (χ2v) is 17.2. The number of esters is 1. The van der Waals surface area contributed by atoms with Crippen LogP contribution in [0.25, 0.3) is 0 Å². The highest BCUT2D eigenvalue weighted by Crippen LogP contribution is 2.43. The molecule has 0 aromatic heterocycles. The summed E-state index contributed by atoms with van der Waals surface area (Å²) in [6.07, 6.45) is -7.89. The van der Waals surface area contributed by atoms with Gasteiger partial charge in [0.1, 0.15) is 35.6 Å². The molecule has 314 valence electrons. The molecule has 0 radical (unpaired) electrons. The zero-order valence-electron chi connectivity index (χ0n) is 35.2. The monoisotopic (exact) mass is 773 g/mol. The number of rotatable bonds is 7. The van der Waals surface area contributed by atoms with Crippen LogP contribution in [0.15, 0.2) is 0 Å². The van der Waals surface area contributed by atoms with Crippen LogP contribution in [0.2, 0.25) is 0 Å². The maximum absolute atomic E-state index is 14.2. The number of carbonyl (C=O) groups is 1. The fourth-order valence-corrected chi connectivity index (χ4v) is 8.79. The lowest BCUT2D eigenvalue weighted by molar-refractivity contribution is -0.327. The van der Waals surface area contributed by atoms with E-state index in [2.05, 4.69) is 17.2 Å². The molecule has 0 bridgehead atoms. The van der Waals surface area contributed by atoms with Crippen LogP contribution in [0.4, 0.5) is 0 Å². The van der Waals surface area contributed by atoms with Crippen LogP contribution < -0.4 is 5.32 Å². The maximum atomic E-state index is 14.2. The lowest BCUT2D eigenvalue weighted by atomic mass is 9.75. The van der Waals surface area contributed by atoms with E-state index in [-0.39, 0.29) is 37.3 Å². The predicted octanol–water partition coefficient (Wildman–Crippen LogP) is 1.95. The standard InChI is InChI=1S/C40H72N2O12/c1-15-17-40(48)27(8)51-30(20-38(40,10)49-14)53-32-24(5)34(54-36-31(43)28(42(12)13)18-23(4)50-36)37(9,46)19-22(3)21-41-26(7)33(44)39(11,47)29(16-2)52-35(45)25(32)6/h22-34,36,41,43-44,46-48H,16,18-21H2,1-14H3/t22-,23-,24+,25-,26-,27+,28+,29?,30+,31-,32+,33-,34-,36+,37-,38-,39-,40-/m1/s1. The molecular weight excluding hydrogens is 700 g/mol. The number of hydrogen-bond donors (Lipinski definition) is 6. The number of cyclic esters (lactones) is 1. The van der Waals surface area contributed by atoms with E-state index >= 15 is 0 Å². The van der Waals surface area contributed by atoms with Crippen LogP contribution in [-0.2, 0) is 33.2 Å². The average Bonchev–Trinajstić information content (AvgIpc) is 3.09. The zero-order chi connectivity index (χ0) is 41.1. The Morgan fingerprint density at radius 1 is 0.981 bits per heavy atom. The van der Waals surface area contributed by atoms with E-state index in [1.165, 1.54) is 14.0 Å². The number of aliphatic hydroxyl groups excluding tert-OH is 2. The molecule has 0 saturated carbocycles. The number of methoxy groups -OCH3 is 1. The van der Waals surface area contributed by atoms with Gasteiger partial charge in [0.05, 0.1) is 29.8 Å². The molecule has 0 aromatic rings. The predicted molar refractivity (Wildman–Crippen MR) is 202 cm³/mol. The van der Waals surface area contributed by atoms with Crippen LogP contribution in [0.5, 0.6) is 0 Å². The van der Waals surface area contributed by atoms with Gasteiger partial charge in [-0.25, -0.2) is 0 Å². The molecule has 3 rings (SSSR count). The van der Waals surface area contributed by atoms with Gasteiger partial charge in [0.25, 0.3) is 0 Å². The van der Waals surface area contributed by atoms with Gasteiger partial charge in [-0.1, -0.05) is 26.7 Å². The van der Waals surface area contributed by atoms with E-state index in [0.29, 0.717) is 13.0 Å². The third-order valence-corrected chi connectivity index (χ3v) is 12.3. The van der Waals surface area contributed by atoms with E-state index < -0.39 is 95.5 Å². The number of aliphatic hydroxyl groups is 5. The fourth-order valence-electron chi connectivity index (χ4n) is 8.79. The molecule has 3 aliphatic heterocycles. The highest BCUT2D eigenvalue weighted by atomic mass is 16.7. The smallest absolute Gasteiger partial charge is 0.311 e. The molecule has 3 aliphatic rings. The number of carbonyl (C=O) groups excluding carboxylic acids is 1. The summed E-state index contributed by atoms with van der Waals surface area (Å²) in [5.74, 6) is 2.92. The van der Waals surface area contributed by atoms with Crippen molar-refractivity contribution in [2.45, 2.75) is 192 Å². The molecule has 0 aromatic carbocycles. The summed E-state index contributed by atoms with van der Waals surface area (Å²) < 4.78 is 37.8. The highest BCUT2D eigenvalue weighted by molar-refractivity contribution is 5.73. The van der Waals surface area contributed by atoms with Gasteiger partial charge < -0.3 is 64.2 Å². The topological polar surface area (TPSA) is 189 Å². The van der Waals surface area contributed by atoms with Crippen molar-refractivity contribution < 1.29 is 58.7 Å². The van der Waals surface area contributed by atoms with Crippen LogP contribution in [0.1, 0.15) is 102 Å². The Morgan fingerprint density at radius 3 is 2.17 bits per heavy atom. The lowest BCUT2D eigenvalue weighted by Crippen LogP contribution is -2.66. The molecule has 18 atom stereocenters. The minimum Gasteiger partial charge on any atom is -0.459 e. The van der Waals surface area contributed by atoms with Crippen molar-refractivity contribution in [1.29, 1.82) is 0 Å². The lowest BCUT2D eigenvalue weighted by Gasteiger charge is -2.51. The molecule has 0 amide bonds. The van der Waals surface area contributed by atoms with E-state index in [1.54, 1.807) is 55.4 Å². The Labute approximate surface area is 323 Å². The van der Waals surface area contributed by atoms with Crippen LogP contribution in [0.3, 0.4) is 0 Å². The molecule has 3 heterocycles. The molecule has 0 aliphatic carbocycles. The highest BCUT2D eigenvalue weighted by Gasteiger charge is 2.58. The van der Waals surface area contributed by atoms with E-state index in [1.807, 2.05) is 32.8 Å². The van der Waals surface area contributed by atoms with Crippen molar-refractivity contribution in [2.75, 3.05) is 27.7 Å². The van der Waals surface area contributed by atoms with E-state index in [0.717, 1.165) is 0 Å². The SMILES string of the molecule is CC#C[C@@]1(O)[C@H](C)O[C@@H](O[C@H]2[C@H](C)[C@@H](O[C@@H]3O[C@H](C)C[C@H](N(C)C)[C@H]3O)[C@](C)(O)C[C@@H](C)CN[C@H](C)[C@@H](O)[C@](C)(O)C(CC)OC(=O)[C@@H]2C)C[C@@]1(C)OC. The fraction of sp³-hybridized carbons (Fsp3) is 0.925. The Kier molecular flexibility index (Phi) is 16.0. The summed E-state index contributed by atoms with van der Waals surface area (Å²) in [7, 11) is 5.23. The Balaban J connectivity index is 2.18. The van der Waals surface area contributed by atoms with Gasteiger partial charge in [-0.2, -0.15) is 0 Å². The average molecular weight is 773 g/mol. The van der Waals surface area contributed by atoms with Gasteiger partial charge in [0, 0.05) is 31.5 Å². The maximum Gasteiger partial charge on any atom is 0.311 e. The number of likely N-dealkylation sites (N-methyl/N-ethyl adjacent to an activating group) is 1. The summed E-state index contributed by atoms with van der Waals surface area (Å²) >= 11 is 0. The Morgan fingerprint density at radius 2 is 1.61 bits per heavy atom. The summed E-state index contributed by atoms with van der Waals surface area (Å²) in [5, 5.41) is 62.0. The van der Waals surface area contributed by atoms with Crippen molar-refractivity contribution in [3.8, 4) is 11.8 Å². The van der Waals surface area contributed by atoms with Crippen LogP contribution >= 0.6 is 0 Å². The summed E-state index contributed by atoms with van der Waals surface area (Å²) in [6.45, 7) is 19.3. The molecule has 3 saturated heterocycles. The number of hydrogen-bond acceptors (Lipinski definition) is 14. The van der Waals surface area contributed by atoms with Crippen molar-refractivity contribution in [3.63, 3.8) is 0 Å². The molecule has 3 fully saturated rings. The Bertz CT molecular complexity index is 1290. The summed E-state index contributed by atoms with van der Waals surface area (Å²) in [6, 6.07) is -0.887. The summed E-state index contributed by atoms with van der Waals surface area (Å²) in [5.41, 5.74) is -6.33. The van der Waals surface area contributed by atoms with Crippen molar-refractivity contribution in [3.05, 3.63) is 0 Å². The Hall–Kier alpha value is -1.45. The largest absolute Gasteiger partial charge is 0.459 e. The van der Waals surface area contributed by atoms with Crippen LogP contribution in [0, 0.1) is 29.6 Å². The molecule has 14 heteroatoms. The third kappa shape index (κ3) is 9.97. The zero-order valence-corrected chi connectivity index (χ0v) is 35.2. The van der Waals surface area contributed by atoms with Crippen LogP contribution in [-0.4, -0.2) is 154 Å². The second-order valence-electron chi connectivity index (χ2n) is 17.2. The van der Waals surface area contributed by atoms with Crippen molar-refractivity contribution >= 4 is 5.97 Å². The van der Waals surface area contributed by atoms with E-state index in [9.17, 15) is 30.3 Å². The van der Waals surface area contributed by atoms with E-state index in [4.69, 9.17) is 28.4 Å². The second kappa shape index (κ2) is 18.4. The first-order chi connectivity index (χ1) is 24.9. The number of ether oxygens (including phenoxy) is 6. The van der Waals surface area contributed by atoms with Gasteiger partial charge >= 0.3 is 5.97 Å².